The molecule has 0 heterocycles. The summed E-state index contributed by atoms with van der Waals surface area (Å²) >= 11 is 0. The lowest BCUT2D eigenvalue weighted by Gasteiger charge is -2.30. The van der Waals surface area contributed by atoms with E-state index in [1.165, 1.54) is 161 Å². The highest BCUT2D eigenvalue weighted by molar-refractivity contribution is 7.45. The van der Waals surface area contributed by atoms with Crippen LogP contribution in [0, 0.1) is 0 Å². The number of allylic oxidation sites excluding steroid dienone is 15. The Morgan fingerprint density at radius 3 is 1.15 bits per heavy atom. The van der Waals surface area contributed by atoms with Gasteiger partial charge in [-0.3, -0.25) is 14.2 Å². The van der Waals surface area contributed by atoms with Crippen LogP contribution in [-0.4, -0.2) is 69.4 Å². The smallest absolute Gasteiger partial charge is 0.306 e. The third-order valence-electron chi connectivity index (χ3n) is 15.5. The Morgan fingerprint density at radius 2 is 0.753 bits per heavy atom. The van der Waals surface area contributed by atoms with Crippen LogP contribution in [0.15, 0.2) is 97.2 Å². The summed E-state index contributed by atoms with van der Waals surface area (Å²) in [5.74, 6) is -0.544. The number of hydrogen-bond acceptors (Lipinski definition) is 7. The lowest BCUT2D eigenvalue weighted by molar-refractivity contribution is -0.870. The minimum atomic E-state index is -4.71. The highest BCUT2D eigenvalue weighted by Crippen LogP contribution is 2.38. The van der Waals surface area contributed by atoms with Gasteiger partial charge in [-0.15, -0.1) is 0 Å². The fraction of sp³-hybridized carbons (Fsp3) is 0.760. The number of rotatable bonds is 64. The van der Waals surface area contributed by atoms with Crippen molar-refractivity contribution >= 4 is 19.7 Å². The van der Waals surface area contributed by atoms with Crippen LogP contribution >= 0.6 is 7.82 Å². The molecule has 1 N–H and O–H groups in total. The van der Waals surface area contributed by atoms with Crippen LogP contribution in [-0.2, 0) is 27.9 Å². The normalized spacial score (nSPS) is 14.1. The number of carbonyl (C=O) groups is 2. The van der Waals surface area contributed by atoms with Crippen LogP contribution in [0.4, 0.5) is 0 Å². The number of unbranched alkanes of at least 4 members (excludes halogenated alkanes) is 34. The van der Waals surface area contributed by atoms with Crippen molar-refractivity contribution in [3.63, 3.8) is 0 Å². The van der Waals surface area contributed by atoms with Crippen molar-refractivity contribution in [1.29, 1.82) is 0 Å². The molecule has 0 rings (SSSR count). The number of ether oxygens (including phenoxy) is 1. The molecule has 0 aliphatic heterocycles. The van der Waals surface area contributed by atoms with E-state index in [2.05, 4.69) is 111 Å². The quantitative estimate of drug-likeness (QED) is 0.0212. The molecule has 1 amide bonds. The number of nitrogens with zero attached hydrogens (tertiary/aromatic N) is 1. The minimum absolute atomic E-state index is 0.0267. The topological polar surface area (TPSA) is 114 Å². The summed E-state index contributed by atoms with van der Waals surface area (Å²) in [6.45, 7) is 6.73. The molecule has 3 unspecified atom stereocenters. The predicted octanol–water partition coefficient (Wildman–Crippen LogP) is 22.0. The number of hydrogen-bond donors (Lipinski definition) is 1. The van der Waals surface area contributed by atoms with E-state index >= 15 is 0 Å². The summed E-state index contributed by atoms with van der Waals surface area (Å²) in [6.07, 6.45) is 86.6. The van der Waals surface area contributed by atoms with E-state index in [0.29, 0.717) is 17.4 Å². The van der Waals surface area contributed by atoms with Gasteiger partial charge in [-0.2, -0.15) is 0 Å². The highest BCUT2D eigenvalue weighted by Gasteiger charge is 2.27. The number of esters is 1. The molecule has 0 aliphatic rings. The van der Waals surface area contributed by atoms with Gasteiger partial charge in [0.15, 0.2) is 0 Å². The standard InChI is InChI=1S/C75H135N2O7P/c1-7-10-13-16-19-22-25-28-30-32-34-35-36-37-38-39-40-41-43-44-46-49-52-55-58-61-64-67-74(78)76-72(71-83-85(80,81)82-70-69-77(4,5)6)73(66-63-60-57-54-51-48-27-24-21-18-15-12-9-3)84-75(79)68-65-62-59-56-53-50-47-45-42-33-31-29-26-23-20-17-14-11-8-2/h10,13,19-20,22-23,28-31,34-35,37-38,63,66,72-73H,7-9,11-12,14-18,21,24-27,32-33,36,39-62,64-65,67-71H2,1-6H3,(H-,76,78,80,81)/b13-10-,22-19-,23-20-,30-28-,31-29-,35-34-,38-37-,66-63-. The van der Waals surface area contributed by atoms with Gasteiger partial charge in [-0.25, -0.2) is 0 Å². The molecule has 85 heavy (non-hydrogen) atoms. The zero-order valence-corrected chi connectivity index (χ0v) is 57.2. The van der Waals surface area contributed by atoms with E-state index in [9.17, 15) is 19.0 Å². The van der Waals surface area contributed by atoms with Gasteiger partial charge in [0.2, 0.25) is 5.91 Å². The first kappa shape index (κ1) is 81.9. The third kappa shape index (κ3) is 65.2. The Bertz CT molecular complexity index is 1780. The number of amides is 1. The van der Waals surface area contributed by atoms with Crippen molar-refractivity contribution in [2.24, 2.45) is 0 Å². The first-order chi connectivity index (χ1) is 41.4. The number of phosphoric acid groups is 1. The second kappa shape index (κ2) is 63.9. The molecule has 0 spiro atoms. The SMILES string of the molecule is CC/C=C\C/C=C\C/C=C\C/C=C\C/C=C\CCCCCCCCCCCCCC(=O)NC(COP(=O)([O-])OCC[N+](C)(C)C)C(/C=C\CCCCCCCCCCCCC)OC(=O)CCCCCCCCCCC/C=C\C/C=C\CCCCC. The molecule has 0 bridgehead atoms. The Morgan fingerprint density at radius 1 is 0.424 bits per heavy atom. The monoisotopic (exact) mass is 1210 g/mol. The Labute approximate surface area is 526 Å². The van der Waals surface area contributed by atoms with E-state index in [-0.39, 0.29) is 24.9 Å². The maximum absolute atomic E-state index is 13.6. The van der Waals surface area contributed by atoms with Gasteiger partial charge in [0.1, 0.15) is 19.3 Å². The van der Waals surface area contributed by atoms with Crippen molar-refractivity contribution < 1.29 is 37.3 Å². The fourth-order valence-corrected chi connectivity index (χ4v) is 10.8. The third-order valence-corrected chi connectivity index (χ3v) is 16.5. The molecule has 0 aliphatic carbocycles. The Kier molecular flexibility index (Phi) is 61.6. The molecule has 10 heteroatoms. The minimum Gasteiger partial charge on any atom is -0.756 e. The van der Waals surface area contributed by atoms with Gasteiger partial charge in [0, 0.05) is 12.8 Å². The number of likely N-dealkylation sites (N-methyl/N-ethyl adjacent to an activating group) is 1. The first-order valence-corrected chi connectivity index (χ1v) is 37.0. The van der Waals surface area contributed by atoms with Crippen LogP contribution in [0.2, 0.25) is 0 Å². The molecule has 0 saturated carbocycles. The van der Waals surface area contributed by atoms with E-state index in [1.54, 1.807) is 0 Å². The molecular weight excluding hydrogens is 1070 g/mol. The molecule has 0 aromatic heterocycles. The van der Waals surface area contributed by atoms with Crippen molar-refractivity contribution in [2.75, 3.05) is 40.9 Å². The first-order valence-electron chi connectivity index (χ1n) is 35.5. The summed E-state index contributed by atoms with van der Waals surface area (Å²) in [6, 6.07) is -0.898. The molecule has 0 radical (unpaired) electrons. The van der Waals surface area contributed by atoms with Gasteiger partial charge < -0.3 is 28.5 Å². The summed E-state index contributed by atoms with van der Waals surface area (Å²) in [5, 5.41) is 3.04. The average molecular weight is 1210 g/mol. The molecule has 9 nitrogen and oxygen atoms in total. The highest BCUT2D eigenvalue weighted by atomic mass is 31.2. The lowest BCUT2D eigenvalue weighted by Crippen LogP contribution is -2.47. The molecule has 0 aromatic rings. The van der Waals surface area contributed by atoms with Gasteiger partial charge in [0.05, 0.1) is 33.8 Å². The molecule has 0 fully saturated rings. The summed E-state index contributed by atoms with van der Waals surface area (Å²) in [4.78, 5) is 40.2. The predicted molar refractivity (Wildman–Crippen MR) is 367 cm³/mol. The summed E-state index contributed by atoms with van der Waals surface area (Å²) in [7, 11) is 1.18. The van der Waals surface area contributed by atoms with Gasteiger partial charge in [0.25, 0.3) is 7.82 Å². The number of carbonyl (C=O) groups excluding carboxylic acids is 2. The van der Waals surface area contributed by atoms with Crippen molar-refractivity contribution in [3.05, 3.63) is 97.2 Å². The Balaban J connectivity index is 5.10. The molecular formula is C75H135N2O7P. The number of nitrogens with one attached hydrogen (secondary N) is 1. The average Bonchev–Trinajstić information content (AvgIpc) is 3.53. The van der Waals surface area contributed by atoms with E-state index < -0.39 is 26.6 Å². The second-order valence-electron chi connectivity index (χ2n) is 25.0. The van der Waals surface area contributed by atoms with E-state index in [1.807, 2.05) is 33.3 Å². The van der Waals surface area contributed by atoms with Crippen LogP contribution in [0.3, 0.4) is 0 Å². The van der Waals surface area contributed by atoms with Crippen molar-refractivity contribution in [2.45, 2.75) is 328 Å². The molecule has 0 aromatic carbocycles. The van der Waals surface area contributed by atoms with Crippen molar-refractivity contribution in [1.82, 2.24) is 5.32 Å². The van der Waals surface area contributed by atoms with Crippen LogP contribution in [0.1, 0.15) is 316 Å². The van der Waals surface area contributed by atoms with Gasteiger partial charge in [-0.05, 0) is 109 Å². The van der Waals surface area contributed by atoms with E-state index in [4.69, 9.17) is 13.8 Å². The van der Waals surface area contributed by atoms with Crippen LogP contribution in [0.5, 0.6) is 0 Å². The zero-order chi connectivity index (χ0) is 62.1. The largest absolute Gasteiger partial charge is 0.756 e. The van der Waals surface area contributed by atoms with Gasteiger partial charge >= 0.3 is 5.97 Å². The molecule has 0 saturated heterocycles. The fourth-order valence-electron chi connectivity index (χ4n) is 10.1. The van der Waals surface area contributed by atoms with Crippen LogP contribution < -0.4 is 10.2 Å². The zero-order valence-electron chi connectivity index (χ0n) is 56.3. The molecule has 492 valence electrons. The summed E-state index contributed by atoms with van der Waals surface area (Å²) in [5.41, 5.74) is 0. The lowest BCUT2D eigenvalue weighted by atomic mass is 10.0. The maximum atomic E-state index is 13.6. The van der Waals surface area contributed by atoms with Crippen molar-refractivity contribution in [3.8, 4) is 0 Å². The van der Waals surface area contributed by atoms with E-state index in [0.717, 1.165) is 122 Å². The summed E-state index contributed by atoms with van der Waals surface area (Å²) < 4.78 is 30.5. The second-order valence-corrected chi connectivity index (χ2v) is 26.4. The van der Waals surface area contributed by atoms with Crippen LogP contribution in [0.25, 0.3) is 0 Å². The number of phosphoric ester groups is 1. The Hall–Kier alpha value is -3.07. The van der Waals surface area contributed by atoms with Gasteiger partial charge in [-0.1, -0.05) is 292 Å². The number of quaternary nitrogens is 1. The molecule has 3 atom stereocenters. The maximum Gasteiger partial charge on any atom is 0.306 e.